The third-order valence-electron chi connectivity index (χ3n) is 2.71. The first-order chi connectivity index (χ1) is 5.57. The first-order valence-electron chi connectivity index (χ1n) is 4.40. The van der Waals surface area contributed by atoms with E-state index < -0.39 is 11.2 Å². The molecule has 0 aromatic rings. The maximum atomic E-state index is 11.7. The van der Waals surface area contributed by atoms with Crippen molar-refractivity contribution < 1.29 is 14.3 Å². The minimum atomic E-state index is -0.544. The van der Waals surface area contributed by atoms with Crippen molar-refractivity contribution in [3.8, 4) is 0 Å². The number of rotatable bonds is 0. The van der Waals surface area contributed by atoms with Crippen LogP contribution >= 0.6 is 0 Å². The first-order valence-corrected chi connectivity index (χ1v) is 4.40. The van der Waals surface area contributed by atoms with E-state index in [0.717, 1.165) is 12.8 Å². The lowest BCUT2D eigenvalue weighted by Gasteiger charge is -2.52. The summed E-state index contributed by atoms with van der Waals surface area (Å²) in [5.41, 5.74) is -1.01. The summed E-state index contributed by atoms with van der Waals surface area (Å²) in [5, 5.41) is 0. The zero-order valence-corrected chi connectivity index (χ0v) is 7.55. The molecule has 0 saturated carbocycles. The second kappa shape index (κ2) is 2.30. The van der Waals surface area contributed by atoms with Gasteiger partial charge in [0.25, 0.3) is 0 Å². The molecule has 2 rings (SSSR count). The van der Waals surface area contributed by atoms with Crippen molar-refractivity contribution >= 4 is 5.78 Å². The van der Waals surface area contributed by atoms with Crippen molar-refractivity contribution in [1.29, 1.82) is 0 Å². The molecule has 0 N–H and O–H groups in total. The fourth-order valence-electron chi connectivity index (χ4n) is 2.11. The van der Waals surface area contributed by atoms with Crippen molar-refractivity contribution in [3.05, 3.63) is 0 Å². The van der Waals surface area contributed by atoms with Crippen molar-refractivity contribution in [2.24, 2.45) is 0 Å². The van der Waals surface area contributed by atoms with Crippen LogP contribution in [0, 0.1) is 0 Å². The van der Waals surface area contributed by atoms with Crippen LogP contribution in [0.2, 0.25) is 0 Å². The number of carbonyl (C=O) groups excluding carboxylic acids is 1. The Morgan fingerprint density at radius 3 is 2.25 bits per heavy atom. The molecule has 0 bridgehead atoms. The Labute approximate surface area is 72.0 Å². The number of carbonyl (C=O) groups is 1. The molecule has 0 unspecified atom stereocenters. The molecular formula is C9H14O3. The van der Waals surface area contributed by atoms with Gasteiger partial charge in [0.05, 0.1) is 0 Å². The Hall–Kier alpha value is -0.410. The predicted octanol–water partition coefficient (Wildman–Crippen LogP) is 0.913. The molecule has 12 heavy (non-hydrogen) atoms. The standard InChI is InChI=1S/C9H14O3/c1-8(2)7(10)9(12-8)3-5-11-6-4-9/h3-6H2,1-2H3. The van der Waals surface area contributed by atoms with Gasteiger partial charge < -0.3 is 9.47 Å². The SMILES string of the molecule is CC1(C)OC2(CCOCC2)C1=O. The number of ether oxygens (including phenoxy) is 2. The summed E-state index contributed by atoms with van der Waals surface area (Å²) in [6.45, 7) is 4.97. The molecule has 3 nitrogen and oxygen atoms in total. The van der Waals surface area contributed by atoms with Gasteiger partial charge in [-0.2, -0.15) is 0 Å². The molecule has 2 aliphatic rings. The maximum Gasteiger partial charge on any atom is 0.195 e. The van der Waals surface area contributed by atoms with Gasteiger partial charge in [-0.05, 0) is 13.8 Å². The summed E-state index contributed by atoms with van der Waals surface area (Å²) in [5.74, 6) is 0.248. The van der Waals surface area contributed by atoms with E-state index in [2.05, 4.69) is 0 Å². The monoisotopic (exact) mass is 170 g/mol. The average Bonchev–Trinajstić information content (AvgIpc) is 2.05. The zero-order valence-electron chi connectivity index (χ0n) is 7.55. The molecule has 68 valence electrons. The Bertz CT molecular complexity index is 214. The van der Waals surface area contributed by atoms with Gasteiger partial charge in [-0.1, -0.05) is 0 Å². The Balaban J connectivity index is 2.11. The highest BCUT2D eigenvalue weighted by molar-refractivity contribution is 5.99. The van der Waals surface area contributed by atoms with Gasteiger partial charge in [-0.3, -0.25) is 4.79 Å². The van der Waals surface area contributed by atoms with E-state index in [1.54, 1.807) is 0 Å². The fraction of sp³-hybridized carbons (Fsp3) is 0.889. The van der Waals surface area contributed by atoms with E-state index in [9.17, 15) is 4.79 Å². The fourth-order valence-corrected chi connectivity index (χ4v) is 2.11. The molecule has 3 heteroatoms. The van der Waals surface area contributed by atoms with Crippen LogP contribution in [0.4, 0.5) is 0 Å². The van der Waals surface area contributed by atoms with Gasteiger partial charge in [0.2, 0.25) is 0 Å². The van der Waals surface area contributed by atoms with E-state index in [1.165, 1.54) is 0 Å². The highest BCUT2D eigenvalue weighted by Gasteiger charge is 2.59. The van der Waals surface area contributed by atoms with E-state index in [1.807, 2.05) is 13.8 Å². The summed E-state index contributed by atoms with van der Waals surface area (Å²) in [6.07, 6.45) is 1.46. The van der Waals surface area contributed by atoms with Crippen LogP contribution in [0.25, 0.3) is 0 Å². The van der Waals surface area contributed by atoms with Crippen molar-refractivity contribution in [1.82, 2.24) is 0 Å². The molecule has 0 aromatic carbocycles. The van der Waals surface area contributed by atoms with Crippen molar-refractivity contribution in [2.75, 3.05) is 13.2 Å². The van der Waals surface area contributed by atoms with Crippen LogP contribution in [-0.2, 0) is 14.3 Å². The lowest BCUT2D eigenvalue weighted by Crippen LogP contribution is -2.68. The highest BCUT2D eigenvalue weighted by Crippen LogP contribution is 2.43. The van der Waals surface area contributed by atoms with Crippen LogP contribution in [0.15, 0.2) is 0 Å². The van der Waals surface area contributed by atoms with Crippen molar-refractivity contribution in [2.45, 2.75) is 37.9 Å². The summed E-state index contributed by atoms with van der Waals surface area (Å²) >= 11 is 0. The Morgan fingerprint density at radius 2 is 1.83 bits per heavy atom. The van der Waals surface area contributed by atoms with Crippen LogP contribution in [0.5, 0.6) is 0 Å². The summed E-state index contributed by atoms with van der Waals surface area (Å²) < 4.78 is 10.8. The molecule has 1 spiro atoms. The molecule has 2 heterocycles. The lowest BCUT2D eigenvalue weighted by molar-refractivity contribution is -0.245. The average molecular weight is 170 g/mol. The van der Waals surface area contributed by atoms with Gasteiger partial charge in [-0.25, -0.2) is 0 Å². The van der Waals surface area contributed by atoms with Gasteiger partial charge in [0.15, 0.2) is 5.78 Å². The van der Waals surface area contributed by atoms with E-state index in [-0.39, 0.29) is 5.78 Å². The highest BCUT2D eigenvalue weighted by atomic mass is 16.6. The number of hydrogen-bond acceptors (Lipinski definition) is 3. The molecular weight excluding hydrogens is 156 g/mol. The molecule has 0 aromatic heterocycles. The molecule has 0 amide bonds. The number of Topliss-reactive ketones (excluding diaryl/α,β-unsaturated/α-hetero) is 1. The van der Waals surface area contributed by atoms with Crippen LogP contribution in [-0.4, -0.2) is 30.2 Å². The molecule has 2 fully saturated rings. The lowest BCUT2D eigenvalue weighted by atomic mass is 9.75. The predicted molar refractivity (Wildman–Crippen MR) is 43.0 cm³/mol. The zero-order chi connectivity index (χ0) is 8.82. The van der Waals surface area contributed by atoms with Crippen LogP contribution in [0.1, 0.15) is 26.7 Å². The third kappa shape index (κ3) is 0.930. The minimum absolute atomic E-state index is 0.248. The summed E-state index contributed by atoms with van der Waals surface area (Å²) in [6, 6.07) is 0. The number of hydrogen-bond donors (Lipinski definition) is 0. The topological polar surface area (TPSA) is 35.5 Å². The first kappa shape index (κ1) is 8.20. The second-order valence-corrected chi connectivity index (χ2v) is 4.05. The van der Waals surface area contributed by atoms with Gasteiger partial charge >= 0.3 is 0 Å². The van der Waals surface area contributed by atoms with E-state index in [0.29, 0.717) is 13.2 Å². The largest absolute Gasteiger partial charge is 0.381 e. The van der Waals surface area contributed by atoms with E-state index in [4.69, 9.17) is 9.47 Å². The quantitative estimate of drug-likeness (QED) is 0.542. The molecule has 0 atom stereocenters. The summed E-state index contributed by atoms with van der Waals surface area (Å²) in [7, 11) is 0. The molecule has 0 radical (unpaired) electrons. The van der Waals surface area contributed by atoms with Gasteiger partial charge in [0, 0.05) is 26.1 Å². The molecule has 2 saturated heterocycles. The minimum Gasteiger partial charge on any atom is -0.381 e. The third-order valence-corrected chi connectivity index (χ3v) is 2.71. The Kier molecular flexibility index (Phi) is 1.57. The molecule has 0 aliphatic carbocycles. The normalized spacial score (nSPS) is 31.7. The Morgan fingerprint density at radius 1 is 1.25 bits per heavy atom. The number of ketones is 1. The van der Waals surface area contributed by atoms with Crippen LogP contribution in [0.3, 0.4) is 0 Å². The maximum absolute atomic E-state index is 11.7. The van der Waals surface area contributed by atoms with Gasteiger partial charge in [0.1, 0.15) is 11.2 Å². The second-order valence-electron chi connectivity index (χ2n) is 4.05. The molecule has 2 aliphatic heterocycles. The summed E-state index contributed by atoms with van der Waals surface area (Å²) in [4.78, 5) is 11.7. The van der Waals surface area contributed by atoms with Crippen LogP contribution < -0.4 is 0 Å². The van der Waals surface area contributed by atoms with E-state index >= 15 is 0 Å². The van der Waals surface area contributed by atoms with Crippen molar-refractivity contribution in [3.63, 3.8) is 0 Å². The van der Waals surface area contributed by atoms with Gasteiger partial charge in [-0.15, -0.1) is 0 Å². The smallest absolute Gasteiger partial charge is 0.195 e.